The molecule has 1 heterocycles. The summed E-state index contributed by atoms with van der Waals surface area (Å²) in [7, 11) is -2.25. The number of aryl methyl sites for hydroxylation is 1. The molecule has 174 valence electrons. The Morgan fingerprint density at radius 3 is 2.35 bits per heavy atom. The molecule has 0 saturated carbocycles. The fraction of sp³-hybridized carbons (Fsp3) is 0.125. The van der Waals surface area contributed by atoms with E-state index in [1.165, 1.54) is 55.6 Å². The minimum absolute atomic E-state index is 0.00487. The number of aromatic nitrogens is 2. The molecule has 0 radical (unpaired) electrons. The lowest BCUT2D eigenvalue weighted by molar-refractivity contribution is -0.134. The molecule has 0 N–H and O–H groups in total. The van der Waals surface area contributed by atoms with Gasteiger partial charge in [-0.25, -0.2) is 12.8 Å². The molecule has 0 spiro atoms. The van der Waals surface area contributed by atoms with E-state index in [-0.39, 0.29) is 35.2 Å². The molecule has 0 unspecified atom stereocenters. The van der Waals surface area contributed by atoms with E-state index in [2.05, 4.69) is 10.1 Å². The predicted octanol–water partition coefficient (Wildman–Crippen LogP) is 4.24. The van der Waals surface area contributed by atoms with Gasteiger partial charge in [0, 0.05) is 19.0 Å². The molecule has 10 heteroatoms. The molecule has 34 heavy (non-hydrogen) atoms. The summed E-state index contributed by atoms with van der Waals surface area (Å²) in [5.74, 6) is -0.0584. The average Bonchev–Trinajstić information content (AvgIpc) is 3.33. The molecular formula is C24H20FN3O5S. The van der Waals surface area contributed by atoms with E-state index in [1.54, 1.807) is 30.3 Å². The number of carbonyl (C=O) groups excluding carboxylic acids is 1. The summed E-state index contributed by atoms with van der Waals surface area (Å²) in [5.41, 5.74) is 1.01. The van der Waals surface area contributed by atoms with Crippen molar-refractivity contribution in [3.05, 3.63) is 90.6 Å². The van der Waals surface area contributed by atoms with Gasteiger partial charge in [-0.3, -0.25) is 9.10 Å². The van der Waals surface area contributed by atoms with Crippen LogP contribution in [0.1, 0.15) is 12.3 Å². The fourth-order valence-electron chi connectivity index (χ4n) is 3.08. The van der Waals surface area contributed by atoms with Gasteiger partial charge in [0.05, 0.1) is 17.0 Å². The summed E-state index contributed by atoms with van der Waals surface area (Å²) in [6, 6.07) is 19.9. The van der Waals surface area contributed by atoms with Crippen LogP contribution >= 0.6 is 0 Å². The van der Waals surface area contributed by atoms with Gasteiger partial charge in [-0.15, -0.1) is 0 Å². The van der Waals surface area contributed by atoms with Crippen molar-refractivity contribution in [3.8, 4) is 17.1 Å². The molecule has 0 saturated heterocycles. The summed E-state index contributed by atoms with van der Waals surface area (Å²) in [4.78, 5) is 16.6. The number of sulfonamides is 1. The number of carbonyl (C=O) groups is 1. The minimum atomic E-state index is -3.70. The van der Waals surface area contributed by atoms with Gasteiger partial charge < -0.3 is 9.26 Å². The van der Waals surface area contributed by atoms with Crippen LogP contribution in [-0.4, -0.2) is 31.6 Å². The summed E-state index contributed by atoms with van der Waals surface area (Å²) >= 11 is 0. The highest BCUT2D eigenvalue weighted by Gasteiger charge is 2.21. The molecule has 8 nitrogen and oxygen atoms in total. The van der Waals surface area contributed by atoms with Crippen LogP contribution < -0.4 is 9.04 Å². The first-order valence-corrected chi connectivity index (χ1v) is 11.7. The van der Waals surface area contributed by atoms with Crippen molar-refractivity contribution in [2.75, 3.05) is 11.4 Å². The second-order valence-corrected chi connectivity index (χ2v) is 9.24. The number of hydrogen-bond acceptors (Lipinski definition) is 7. The number of hydrogen-bond donors (Lipinski definition) is 0. The SMILES string of the molecule is CN(c1ccc(OC(=O)CCc2nc(-c3ccc(F)cc3)no2)cc1)S(=O)(=O)c1ccccc1. The Labute approximate surface area is 195 Å². The maximum Gasteiger partial charge on any atom is 0.311 e. The van der Waals surface area contributed by atoms with E-state index in [0.29, 0.717) is 17.1 Å². The van der Waals surface area contributed by atoms with Crippen molar-refractivity contribution < 1.29 is 26.9 Å². The van der Waals surface area contributed by atoms with Crippen LogP contribution in [0.4, 0.5) is 10.1 Å². The van der Waals surface area contributed by atoms with Crippen molar-refractivity contribution >= 4 is 21.7 Å². The normalized spacial score (nSPS) is 11.2. The van der Waals surface area contributed by atoms with Gasteiger partial charge in [0.1, 0.15) is 11.6 Å². The second kappa shape index (κ2) is 9.84. The van der Waals surface area contributed by atoms with Gasteiger partial charge in [0.25, 0.3) is 10.0 Å². The number of nitrogens with zero attached hydrogens (tertiary/aromatic N) is 3. The van der Waals surface area contributed by atoms with Gasteiger partial charge in [-0.2, -0.15) is 4.98 Å². The average molecular weight is 482 g/mol. The van der Waals surface area contributed by atoms with Crippen LogP contribution in [0.15, 0.2) is 88.3 Å². The largest absolute Gasteiger partial charge is 0.427 e. The van der Waals surface area contributed by atoms with Gasteiger partial charge in [0.2, 0.25) is 11.7 Å². The highest BCUT2D eigenvalue weighted by atomic mass is 32.2. The van der Waals surface area contributed by atoms with E-state index in [4.69, 9.17) is 9.26 Å². The Morgan fingerprint density at radius 2 is 1.68 bits per heavy atom. The summed E-state index contributed by atoms with van der Waals surface area (Å²) < 4.78 is 50.1. The first-order valence-electron chi connectivity index (χ1n) is 10.3. The number of rotatable bonds is 8. The molecule has 0 amide bonds. The van der Waals surface area contributed by atoms with E-state index < -0.39 is 16.0 Å². The molecule has 0 aliphatic carbocycles. The summed E-state index contributed by atoms with van der Waals surface area (Å²) in [5, 5.41) is 3.83. The lowest BCUT2D eigenvalue weighted by atomic mass is 10.2. The van der Waals surface area contributed by atoms with Crippen LogP contribution in [-0.2, 0) is 21.2 Å². The third-order valence-electron chi connectivity index (χ3n) is 4.95. The third-order valence-corrected chi connectivity index (χ3v) is 6.75. The zero-order valence-corrected chi connectivity index (χ0v) is 18.9. The molecule has 0 atom stereocenters. The van der Waals surface area contributed by atoms with Crippen molar-refractivity contribution in [1.82, 2.24) is 10.1 Å². The Balaban J connectivity index is 1.33. The Kier molecular flexibility index (Phi) is 6.69. The Morgan fingerprint density at radius 1 is 1.00 bits per heavy atom. The lowest BCUT2D eigenvalue weighted by Crippen LogP contribution is -2.26. The fourth-order valence-corrected chi connectivity index (χ4v) is 4.29. The number of benzene rings is 3. The van der Waals surface area contributed by atoms with Crippen LogP contribution in [0, 0.1) is 5.82 Å². The molecule has 0 aliphatic rings. The van der Waals surface area contributed by atoms with E-state index in [9.17, 15) is 17.6 Å². The smallest absolute Gasteiger partial charge is 0.311 e. The standard InChI is InChI=1S/C24H20FN3O5S/c1-28(34(30,31)21-5-3-2-4-6-21)19-11-13-20(14-12-19)32-23(29)16-15-22-26-24(27-33-22)17-7-9-18(25)10-8-17/h2-14H,15-16H2,1H3. The zero-order chi connectivity index (χ0) is 24.1. The maximum atomic E-state index is 13.0. The topological polar surface area (TPSA) is 103 Å². The highest BCUT2D eigenvalue weighted by Crippen LogP contribution is 2.24. The van der Waals surface area contributed by atoms with E-state index in [0.717, 1.165) is 4.31 Å². The number of anilines is 1. The number of esters is 1. The molecule has 4 aromatic rings. The van der Waals surface area contributed by atoms with Gasteiger partial charge in [-0.1, -0.05) is 23.4 Å². The number of ether oxygens (including phenoxy) is 1. The summed E-state index contributed by atoms with van der Waals surface area (Å²) in [6.07, 6.45) is 0.165. The molecule has 3 aromatic carbocycles. The molecule has 0 bridgehead atoms. The third kappa shape index (κ3) is 5.29. The molecule has 0 fully saturated rings. The van der Waals surface area contributed by atoms with E-state index in [1.807, 2.05) is 0 Å². The number of halogens is 1. The monoisotopic (exact) mass is 481 g/mol. The summed E-state index contributed by atoms with van der Waals surface area (Å²) in [6.45, 7) is 0. The van der Waals surface area contributed by atoms with Gasteiger partial charge in [0.15, 0.2) is 0 Å². The van der Waals surface area contributed by atoms with Crippen molar-refractivity contribution in [1.29, 1.82) is 0 Å². The first-order chi connectivity index (χ1) is 16.3. The van der Waals surface area contributed by atoms with Crippen LogP contribution in [0.5, 0.6) is 5.75 Å². The molecule has 0 aliphatic heterocycles. The van der Waals surface area contributed by atoms with Gasteiger partial charge >= 0.3 is 5.97 Å². The van der Waals surface area contributed by atoms with E-state index >= 15 is 0 Å². The predicted molar refractivity (Wildman–Crippen MR) is 122 cm³/mol. The van der Waals surface area contributed by atoms with Crippen molar-refractivity contribution in [2.24, 2.45) is 0 Å². The maximum absolute atomic E-state index is 13.0. The van der Waals surface area contributed by atoms with Crippen molar-refractivity contribution in [2.45, 2.75) is 17.7 Å². The Hall–Kier alpha value is -4.05. The van der Waals surface area contributed by atoms with Crippen molar-refractivity contribution in [3.63, 3.8) is 0 Å². The molecule has 1 aromatic heterocycles. The first kappa shape index (κ1) is 23.1. The second-order valence-electron chi connectivity index (χ2n) is 7.27. The van der Waals surface area contributed by atoms with Crippen LogP contribution in [0.2, 0.25) is 0 Å². The molecule has 4 rings (SSSR count). The molecular weight excluding hydrogens is 461 g/mol. The highest BCUT2D eigenvalue weighted by molar-refractivity contribution is 7.92. The lowest BCUT2D eigenvalue weighted by Gasteiger charge is -2.19. The minimum Gasteiger partial charge on any atom is -0.427 e. The van der Waals surface area contributed by atoms with Crippen LogP contribution in [0.25, 0.3) is 11.4 Å². The van der Waals surface area contributed by atoms with Crippen LogP contribution in [0.3, 0.4) is 0 Å². The Bertz CT molecular complexity index is 1370. The van der Waals surface area contributed by atoms with Gasteiger partial charge in [-0.05, 0) is 60.7 Å². The quantitative estimate of drug-likeness (QED) is 0.274. The zero-order valence-electron chi connectivity index (χ0n) is 18.1.